The maximum Gasteiger partial charge on any atom is 0.129 e. The number of rotatable bonds is 1. The van der Waals surface area contributed by atoms with Crippen molar-refractivity contribution in [2.24, 2.45) is 0 Å². The molecule has 0 saturated carbocycles. The largest absolute Gasteiger partial charge is 0.132 e. The first-order valence-electron chi connectivity index (χ1n) is 3.40. The number of allylic oxidation sites excluding steroid dienone is 1. The highest BCUT2D eigenvalue weighted by Gasteiger charge is 2.06. The summed E-state index contributed by atoms with van der Waals surface area (Å²) >= 11 is 0. The smallest absolute Gasteiger partial charge is 0.129 e. The fraction of sp³-hybridized carbons (Fsp3) is 0.444. The molecule has 0 radical (unpaired) electrons. The van der Waals surface area contributed by atoms with Crippen LogP contribution >= 0.6 is 0 Å². The minimum absolute atomic E-state index is 0.799. The molecule has 0 spiro atoms. The van der Waals surface area contributed by atoms with E-state index in [9.17, 15) is 0 Å². The normalized spacial score (nSPS) is 9.10. The lowest BCUT2D eigenvalue weighted by molar-refractivity contribution is 1.48. The Balaban J connectivity index is 3.81. The highest BCUT2D eigenvalue weighted by molar-refractivity contribution is 6.83. The Kier molecular flexibility index (Phi) is 3.87. The Morgan fingerprint density at radius 1 is 1.40 bits per heavy atom. The molecule has 0 atom stereocenters. The minimum Gasteiger partial charge on any atom is -0.132 e. The molecule has 0 rings (SSSR count). The Hall–Kier alpha value is -0.703. The van der Waals surface area contributed by atoms with E-state index in [0.717, 1.165) is 6.42 Å². The predicted molar refractivity (Wildman–Crippen MR) is 49.4 cm³/mol. The lowest BCUT2D eigenvalue weighted by Gasteiger charge is -2.02. The molecule has 0 fully saturated rings. The van der Waals surface area contributed by atoms with Gasteiger partial charge in [-0.25, -0.2) is 0 Å². The SMILES string of the molecule is C=C=CCC#C[Si](C)(C)C. The third-order valence-electron chi connectivity index (χ3n) is 0.812. The molecule has 0 bridgehead atoms. The zero-order valence-electron chi connectivity index (χ0n) is 6.99. The van der Waals surface area contributed by atoms with Crippen LogP contribution in [0.3, 0.4) is 0 Å². The van der Waals surface area contributed by atoms with Gasteiger partial charge in [0.2, 0.25) is 0 Å². The Morgan fingerprint density at radius 3 is 2.40 bits per heavy atom. The third kappa shape index (κ3) is 7.30. The van der Waals surface area contributed by atoms with Gasteiger partial charge in [-0.2, -0.15) is 0 Å². The van der Waals surface area contributed by atoms with E-state index >= 15 is 0 Å². The lowest BCUT2D eigenvalue weighted by atomic mass is 10.4. The van der Waals surface area contributed by atoms with Crippen LogP contribution in [0.25, 0.3) is 0 Å². The van der Waals surface area contributed by atoms with E-state index in [1.54, 1.807) is 0 Å². The molecule has 0 N–H and O–H groups in total. The van der Waals surface area contributed by atoms with Gasteiger partial charge in [-0.15, -0.1) is 17.2 Å². The van der Waals surface area contributed by atoms with Crippen molar-refractivity contribution in [2.75, 3.05) is 0 Å². The molecular formula is C9H14Si. The van der Waals surface area contributed by atoms with Crippen LogP contribution in [0, 0.1) is 11.5 Å². The second-order valence-corrected chi connectivity index (χ2v) is 7.91. The van der Waals surface area contributed by atoms with Crippen LogP contribution in [0.5, 0.6) is 0 Å². The second-order valence-electron chi connectivity index (χ2n) is 3.16. The maximum absolute atomic E-state index is 3.46. The van der Waals surface area contributed by atoms with Gasteiger partial charge in [0.25, 0.3) is 0 Å². The van der Waals surface area contributed by atoms with E-state index in [4.69, 9.17) is 0 Å². The van der Waals surface area contributed by atoms with Gasteiger partial charge in [0.05, 0.1) is 0 Å². The van der Waals surface area contributed by atoms with Crippen molar-refractivity contribution in [1.29, 1.82) is 0 Å². The van der Waals surface area contributed by atoms with Gasteiger partial charge in [0, 0.05) is 6.42 Å². The van der Waals surface area contributed by atoms with Crippen LogP contribution in [0.2, 0.25) is 19.6 Å². The highest BCUT2D eigenvalue weighted by atomic mass is 28.3. The Labute approximate surface area is 64.7 Å². The molecule has 0 unspecified atom stereocenters. The Morgan fingerprint density at radius 2 is 2.00 bits per heavy atom. The average molecular weight is 150 g/mol. The summed E-state index contributed by atoms with van der Waals surface area (Å²) in [5.41, 5.74) is 5.94. The van der Waals surface area contributed by atoms with E-state index in [1.807, 2.05) is 6.08 Å². The van der Waals surface area contributed by atoms with Crippen molar-refractivity contribution in [1.82, 2.24) is 0 Å². The first kappa shape index (κ1) is 9.30. The first-order valence-corrected chi connectivity index (χ1v) is 6.90. The first-order chi connectivity index (χ1) is 4.56. The van der Waals surface area contributed by atoms with Crippen molar-refractivity contribution >= 4 is 8.07 Å². The summed E-state index contributed by atoms with van der Waals surface area (Å²) in [4.78, 5) is 0. The van der Waals surface area contributed by atoms with Gasteiger partial charge >= 0.3 is 0 Å². The molecule has 0 aliphatic carbocycles. The molecule has 0 heterocycles. The third-order valence-corrected chi connectivity index (χ3v) is 1.74. The van der Waals surface area contributed by atoms with Crippen LogP contribution in [-0.2, 0) is 0 Å². The van der Waals surface area contributed by atoms with Crippen LogP contribution in [0.4, 0.5) is 0 Å². The molecule has 0 nitrogen and oxygen atoms in total. The molecule has 0 amide bonds. The van der Waals surface area contributed by atoms with E-state index < -0.39 is 8.07 Å². The van der Waals surface area contributed by atoms with Crippen LogP contribution < -0.4 is 0 Å². The van der Waals surface area contributed by atoms with E-state index in [-0.39, 0.29) is 0 Å². The quantitative estimate of drug-likeness (QED) is 0.306. The molecule has 0 aromatic heterocycles. The van der Waals surface area contributed by atoms with E-state index in [0.29, 0.717) is 0 Å². The summed E-state index contributed by atoms with van der Waals surface area (Å²) < 4.78 is 0. The van der Waals surface area contributed by atoms with Gasteiger partial charge in [0.15, 0.2) is 0 Å². The monoisotopic (exact) mass is 150 g/mol. The summed E-state index contributed by atoms with van der Waals surface area (Å²) in [5, 5.41) is 0. The Bertz CT molecular complexity index is 191. The predicted octanol–water partition coefficient (Wildman–Crippen LogP) is 2.60. The molecule has 0 aromatic rings. The standard InChI is InChI=1S/C9H14Si/c1-5-6-7-8-9-10(2,3)4/h6H,1,7H2,2-4H3. The molecule has 54 valence electrons. The fourth-order valence-electron chi connectivity index (χ4n) is 0.439. The molecule has 0 saturated heterocycles. The van der Waals surface area contributed by atoms with Crippen molar-refractivity contribution in [2.45, 2.75) is 26.1 Å². The van der Waals surface area contributed by atoms with Gasteiger partial charge < -0.3 is 0 Å². The summed E-state index contributed by atoms with van der Waals surface area (Å²) in [6.07, 6.45) is 2.65. The zero-order valence-corrected chi connectivity index (χ0v) is 7.99. The topological polar surface area (TPSA) is 0 Å². The summed E-state index contributed by atoms with van der Waals surface area (Å²) in [5.74, 6) is 3.08. The summed E-state index contributed by atoms with van der Waals surface area (Å²) in [6, 6.07) is 0. The maximum atomic E-state index is 3.46. The van der Waals surface area contributed by atoms with Gasteiger partial charge in [-0.1, -0.05) is 26.2 Å². The fourth-order valence-corrected chi connectivity index (χ4v) is 1.07. The lowest BCUT2D eigenvalue weighted by Crippen LogP contribution is -2.16. The number of hydrogen-bond donors (Lipinski definition) is 0. The molecule has 0 aliphatic rings. The van der Waals surface area contributed by atoms with Gasteiger partial charge in [-0.05, 0) is 6.08 Å². The van der Waals surface area contributed by atoms with Crippen molar-refractivity contribution in [3.8, 4) is 11.5 Å². The van der Waals surface area contributed by atoms with E-state index in [1.165, 1.54) is 0 Å². The minimum atomic E-state index is -1.14. The van der Waals surface area contributed by atoms with Gasteiger partial charge in [0.1, 0.15) is 8.07 Å². The van der Waals surface area contributed by atoms with Crippen molar-refractivity contribution < 1.29 is 0 Å². The molecule has 0 aromatic carbocycles. The molecule has 1 heteroatoms. The highest BCUT2D eigenvalue weighted by Crippen LogP contribution is 1.96. The average Bonchev–Trinajstić information content (AvgIpc) is 1.78. The van der Waals surface area contributed by atoms with Crippen molar-refractivity contribution in [3.63, 3.8) is 0 Å². The zero-order chi connectivity index (χ0) is 8.04. The second kappa shape index (κ2) is 4.17. The van der Waals surface area contributed by atoms with Crippen LogP contribution in [0.15, 0.2) is 18.4 Å². The van der Waals surface area contributed by atoms with Crippen molar-refractivity contribution in [3.05, 3.63) is 18.4 Å². The summed E-state index contributed by atoms with van der Waals surface area (Å²) in [6.45, 7) is 10.2. The van der Waals surface area contributed by atoms with Gasteiger partial charge in [-0.3, -0.25) is 0 Å². The molecule has 10 heavy (non-hydrogen) atoms. The molecule has 0 aliphatic heterocycles. The van der Waals surface area contributed by atoms with Crippen LogP contribution in [0.1, 0.15) is 6.42 Å². The number of hydrogen-bond acceptors (Lipinski definition) is 0. The van der Waals surface area contributed by atoms with Crippen LogP contribution in [-0.4, -0.2) is 8.07 Å². The summed E-state index contributed by atoms with van der Waals surface area (Å²) in [7, 11) is -1.14. The van der Waals surface area contributed by atoms with E-state index in [2.05, 4.69) is 43.4 Å². The molecular weight excluding hydrogens is 136 g/mol.